The third-order valence-corrected chi connectivity index (χ3v) is 5.39. The standard InChI is InChI=1S/C12H18N2O3S/c15-6-8-7-18-11(13-8)14-3-1-12(2-4-14)9(16)5-10(12)17/h7,9-10,15-17H,1-6H2/t9-,10+. The fourth-order valence-electron chi connectivity index (χ4n) is 3.04. The van der Waals surface area contributed by atoms with Gasteiger partial charge in [0.15, 0.2) is 5.13 Å². The molecule has 1 aromatic rings. The van der Waals surface area contributed by atoms with Gasteiger partial charge in [-0.15, -0.1) is 11.3 Å². The second-order valence-corrected chi connectivity index (χ2v) is 6.10. The van der Waals surface area contributed by atoms with E-state index in [1.165, 1.54) is 11.3 Å². The summed E-state index contributed by atoms with van der Waals surface area (Å²) >= 11 is 1.54. The van der Waals surface area contributed by atoms with E-state index in [-0.39, 0.29) is 24.2 Å². The smallest absolute Gasteiger partial charge is 0.185 e. The monoisotopic (exact) mass is 270 g/mol. The molecule has 1 saturated carbocycles. The number of anilines is 1. The molecular weight excluding hydrogens is 252 g/mol. The van der Waals surface area contributed by atoms with E-state index in [2.05, 4.69) is 9.88 Å². The number of hydrogen-bond donors (Lipinski definition) is 3. The van der Waals surface area contributed by atoms with Gasteiger partial charge < -0.3 is 20.2 Å². The fraction of sp³-hybridized carbons (Fsp3) is 0.750. The van der Waals surface area contributed by atoms with Crippen LogP contribution in [0.2, 0.25) is 0 Å². The lowest BCUT2D eigenvalue weighted by Crippen LogP contribution is -2.61. The summed E-state index contributed by atoms with van der Waals surface area (Å²) in [5.41, 5.74) is 0.437. The summed E-state index contributed by atoms with van der Waals surface area (Å²) < 4.78 is 0. The van der Waals surface area contributed by atoms with E-state index in [0.717, 1.165) is 31.1 Å². The Balaban J connectivity index is 1.66. The molecule has 0 unspecified atom stereocenters. The third-order valence-electron chi connectivity index (χ3n) is 4.44. The Hall–Kier alpha value is -0.690. The van der Waals surface area contributed by atoms with Crippen LogP contribution in [0.3, 0.4) is 0 Å². The molecule has 2 fully saturated rings. The van der Waals surface area contributed by atoms with Gasteiger partial charge in [0, 0.05) is 30.3 Å². The lowest BCUT2D eigenvalue weighted by molar-refractivity contribution is -0.177. The molecule has 1 saturated heterocycles. The lowest BCUT2D eigenvalue weighted by atomic mass is 9.58. The van der Waals surface area contributed by atoms with Crippen molar-refractivity contribution in [2.24, 2.45) is 5.41 Å². The molecule has 1 spiro atoms. The third kappa shape index (κ3) is 1.75. The van der Waals surface area contributed by atoms with E-state index < -0.39 is 0 Å². The van der Waals surface area contributed by atoms with Crippen molar-refractivity contribution in [2.45, 2.75) is 38.1 Å². The first kappa shape index (κ1) is 12.3. The minimum Gasteiger partial charge on any atom is -0.392 e. The Kier molecular flexibility index (Phi) is 3.05. The maximum absolute atomic E-state index is 9.87. The summed E-state index contributed by atoms with van der Waals surface area (Å²) in [6, 6.07) is 0. The average molecular weight is 270 g/mol. The maximum atomic E-state index is 9.87. The number of aliphatic hydroxyl groups is 3. The Morgan fingerprint density at radius 2 is 2.00 bits per heavy atom. The number of nitrogens with zero attached hydrogens (tertiary/aromatic N) is 2. The number of hydrogen-bond acceptors (Lipinski definition) is 6. The van der Waals surface area contributed by atoms with Gasteiger partial charge in [-0.2, -0.15) is 0 Å². The largest absolute Gasteiger partial charge is 0.392 e. The van der Waals surface area contributed by atoms with Crippen molar-refractivity contribution in [1.29, 1.82) is 0 Å². The van der Waals surface area contributed by atoms with E-state index in [9.17, 15) is 10.2 Å². The van der Waals surface area contributed by atoms with Gasteiger partial charge in [-0.1, -0.05) is 0 Å². The lowest BCUT2D eigenvalue weighted by Gasteiger charge is -2.55. The van der Waals surface area contributed by atoms with Crippen molar-refractivity contribution in [2.75, 3.05) is 18.0 Å². The van der Waals surface area contributed by atoms with Crippen molar-refractivity contribution in [3.63, 3.8) is 0 Å². The van der Waals surface area contributed by atoms with Gasteiger partial charge in [0.25, 0.3) is 0 Å². The van der Waals surface area contributed by atoms with Gasteiger partial charge in [-0.05, 0) is 12.8 Å². The van der Waals surface area contributed by atoms with E-state index >= 15 is 0 Å². The molecule has 0 bridgehead atoms. The highest BCUT2D eigenvalue weighted by Crippen LogP contribution is 2.49. The molecule has 1 aliphatic heterocycles. The van der Waals surface area contributed by atoms with E-state index in [1.807, 2.05) is 5.38 Å². The first-order valence-corrected chi connectivity index (χ1v) is 7.20. The van der Waals surface area contributed by atoms with Gasteiger partial charge in [-0.3, -0.25) is 0 Å². The molecule has 2 aliphatic rings. The van der Waals surface area contributed by atoms with Crippen LogP contribution < -0.4 is 4.90 Å². The van der Waals surface area contributed by atoms with Gasteiger partial charge in [0.05, 0.1) is 24.5 Å². The first-order chi connectivity index (χ1) is 8.65. The summed E-state index contributed by atoms with van der Waals surface area (Å²) in [4.78, 5) is 6.52. The molecule has 3 N–H and O–H groups in total. The van der Waals surface area contributed by atoms with Gasteiger partial charge in [0.2, 0.25) is 0 Å². The Morgan fingerprint density at radius 1 is 1.33 bits per heavy atom. The first-order valence-electron chi connectivity index (χ1n) is 6.32. The molecule has 2 atom stereocenters. The normalized spacial score (nSPS) is 30.5. The zero-order valence-electron chi connectivity index (χ0n) is 10.1. The second kappa shape index (κ2) is 4.45. The van der Waals surface area contributed by atoms with E-state index in [1.54, 1.807) is 0 Å². The zero-order valence-corrected chi connectivity index (χ0v) is 10.9. The highest BCUT2D eigenvalue weighted by atomic mass is 32.1. The molecule has 100 valence electrons. The topological polar surface area (TPSA) is 76.8 Å². The number of thiazole rings is 1. The van der Waals surface area contributed by atoms with Gasteiger partial charge >= 0.3 is 0 Å². The molecule has 1 aromatic heterocycles. The van der Waals surface area contributed by atoms with Crippen molar-refractivity contribution in [1.82, 2.24) is 4.98 Å². The van der Waals surface area contributed by atoms with Crippen LogP contribution in [0, 0.1) is 5.41 Å². The van der Waals surface area contributed by atoms with Gasteiger partial charge in [0.1, 0.15) is 0 Å². The zero-order chi connectivity index (χ0) is 12.8. The van der Waals surface area contributed by atoms with E-state index in [0.29, 0.717) is 12.1 Å². The average Bonchev–Trinajstić information content (AvgIpc) is 2.88. The Morgan fingerprint density at radius 3 is 2.50 bits per heavy atom. The predicted molar refractivity (Wildman–Crippen MR) is 68.5 cm³/mol. The van der Waals surface area contributed by atoms with Crippen molar-refractivity contribution in [3.8, 4) is 0 Å². The van der Waals surface area contributed by atoms with Crippen LogP contribution in [0.15, 0.2) is 5.38 Å². The van der Waals surface area contributed by atoms with Crippen LogP contribution in [0.25, 0.3) is 0 Å². The molecule has 0 aromatic carbocycles. The highest BCUT2D eigenvalue weighted by molar-refractivity contribution is 7.13. The molecule has 2 heterocycles. The summed E-state index contributed by atoms with van der Waals surface area (Å²) in [5, 5.41) is 31.5. The summed E-state index contributed by atoms with van der Waals surface area (Å²) in [5.74, 6) is 0. The van der Waals surface area contributed by atoms with Crippen LogP contribution in [0.1, 0.15) is 25.0 Å². The minimum absolute atomic E-state index is 0.0221. The van der Waals surface area contributed by atoms with Crippen LogP contribution in [0.4, 0.5) is 5.13 Å². The number of aromatic nitrogens is 1. The Bertz CT molecular complexity index is 419. The number of rotatable bonds is 2. The number of piperidine rings is 1. The SMILES string of the molecule is OCc1csc(N2CCC3(CC2)[C@H](O)C[C@@H]3O)n1. The van der Waals surface area contributed by atoms with Crippen LogP contribution in [-0.2, 0) is 6.61 Å². The predicted octanol–water partition coefficient (Wildman–Crippen LogP) is 0.347. The van der Waals surface area contributed by atoms with Crippen molar-refractivity contribution >= 4 is 16.5 Å². The molecule has 5 nitrogen and oxygen atoms in total. The van der Waals surface area contributed by atoms with Crippen LogP contribution >= 0.6 is 11.3 Å². The minimum atomic E-state index is -0.348. The van der Waals surface area contributed by atoms with Crippen molar-refractivity contribution < 1.29 is 15.3 Å². The highest BCUT2D eigenvalue weighted by Gasteiger charge is 2.54. The molecule has 18 heavy (non-hydrogen) atoms. The summed E-state index contributed by atoms with van der Waals surface area (Å²) in [6.07, 6.45) is 1.44. The fourth-order valence-corrected chi connectivity index (χ4v) is 3.91. The van der Waals surface area contributed by atoms with Crippen LogP contribution in [0.5, 0.6) is 0 Å². The molecule has 6 heteroatoms. The van der Waals surface area contributed by atoms with Gasteiger partial charge in [-0.25, -0.2) is 4.98 Å². The molecule has 3 rings (SSSR count). The summed E-state index contributed by atoms with van der Waals surface area (Å²) in [7, 11) is 0. The second-order valence-electron chi connectivity index (χ2n) is 5.27. The van der Waals surface area contributed by atoms with Crippen molar-refractivity contribution in [3.05, 3.63) is 11.1 Å². The molecule has 0 radical (unpaired) electrons. The molecule has 0 amide bonds. The number of aliphatic hydroxyl groups excluding tert-OH is 3. The maximum Gasteiger partial charge on any atom is 0.185 e. The molecular formula is C12H18N2O3S. The summed E-state index contributed by atoms with van der Waals surface area (Å²) in [6.45, 7) is 1.60. The quantitative estimate of drug-likeness (QED) is 0.723. The van der Waals surface area contributed by atoms with Crippen LogP contribution in [-0.4, -0.2) is 45.6 Å². The molecule has 1 aliphatic carbocycles. The Labute approximate surface area is 110 Å². The van der Waals surface area contributed by atoms with E-state index in [4.69, 9.17) is 5.11 Å².